The van der Waals surface area contributed by atoms with Crippen LogP contribution in [0.25, 0.3) is 0 Å². The van der Waals surface area contributed by atoms with Crippen LogP contribution in [0.3, 0.4) is 0 Å². The molecule has 0 atom stereocenters. The zero-order valence-electron chi connectivity index (χ0n) is 9.14. The molecule has 17 heavy (non-hydrogen) atoms. The minimum atomic E-state index is -0.490. The topological polar surface area (TPSA) is 59.3 Å². The molecule has 0 aliphatic rings. The summed E-state index contributed by atoms with van der Waals surface area (Å²) >= 11 is 3.20. The number of carbonyl (C=O) groups excluding carboxylic acids is 1. The Hall–Kier alpha value is -1.80. The van der Waals surface area contributed by atoms with Crippen LogP contribution in [0.5, 0.6) is 5.75 Å². The normalized spacial score (nSPS) is 10.5. The molecule has 0 amide bonds. The monoisotopic (exact) mass is 295 g/mol. The first-order valence-corrected chi connectivity index (χ1v) is 5.84. The number of hydrogen-bond acceptors (Lipinski definition) is 4. The molecule has 0 aliphatic heterocycles. The summed E-state index contributed by atoms with van der Waals surface area (Å²) in [5, 5.41) is 9.11. The number of halogens is 1. The van der Waals surface area contributed by atoms with E-state index in [1.807, 2.05) is 6.07 Å². The molecule has 4 nitrogen and oxygen atoms in total. The zero-order chi connectivity index (χ0) is 12.7. The second-order valence-corrected chi connectivity index (χ2v) is 3.57. The van der Waals surface area contributed by atoms with Crippen LogP contribution in [0.1, 0.15) is 5.56 Å². The maximum absolute atomic E-state index is 11.0. The molecule has 0 radical (unpaired) electrons. The van der Waals surface area contributed by atoms with Crippen molar-refractivity contribution in [1.29, 1.82) is 5.26 Å². The Bertz CT molecular complexity index is 477. The number of carbonyl (C=O) groups is 1. The first-order valence-electron chi connectivity index (χ1n) is 4.72. The Balaban J connectivity index is 2.84. The van der Waals surface area contributed by atoms with Crippen LogP contribution in [-0.4, -0.2) is 18.4 Å². The van der Waals surface area contributed by atoms with Crippen molar-refractivity contribution >= 4 is 21.9 Å². The average Bonchev–Trinajstić information content (AvgIpc) is 2.37. The van der Waals surface area contributed by atoms with Crippen LogP contribution < -0.4 is 4.74 Å². The maximum atomic E-state index is 11.0. The second-order valence-electron chi connectivity index (χ2n) is 3.01. The first kappa shape index (κ1) is 13.3. The zero-order valence-corrected chi connectivity index (χ0v) is 10.7. The van der Waals surface area contributed by atoms with E-state index in [-0.39, 0.29) is 0 Å². The van der Waals surface area contributed by atoms with Crippen molar-refractivity contribution < 1.29 is 14.3 Å². The van der Waals surface area contributed by atoms with Gasteiger partial charge in [-0.15, -0.1) is 0 Å². The van der Waals surface area contributed by atoms with Crippen molar-refractivity contribution in [1.82, 2.24) is 0 Å². The van der Waals surface area contributed by atoms with Gasteiger partial charge in [-0.05, 0) is 18.2 Å². The summed E-state index contributed by atoms with van der Waals surface area (Å²) in [5.74, 6) is 0.418. The summed E-state index contributed by atoms with van der Waals surface area (Å²) in [6.07, 6.45) is 1.24. The fraction of sp³-hybridized carbons (Fsp3) is 0.167. The van der Waals surface area contributed by atoms with Gasteiger partial charge < -0.3 is 9.47 Å². The molecular weight excluding hydrogens is 286 g/mol. The van der Waals surface area contributed by atoms with Crippen LogP contribution in [0, 0.1) is 11.3 Å². The predicted octanol–water partition coefficient (Wildman–Crippen LogP) is 2.39. The van der Waals surface area contributed by atoms with Gasteiger partial charge in [0.1, 0.15) is 11.5 Å². The minimum absolute atomic E-state index is 0.374. The van der Waals surface area contributed by atoms with E-state index >= 15 is 0 Å². The lowest BCUT2D eigenvalue weighted by Crippen LogP contribution is -2.03. The molecule has 0 N–H and O–H groups in total. The van der Waals surface area contributed by atoms with E-state index in [0.29, 0.717) is 22.4 Å². The fourth-order valence-corrected chi connectivity index (χ4v) is 1.34. The largest absolute Gasteiger partial charge is 0.466 e. The number of methoxy groups -OCH3 is 1. The molecule has 0 saturated heterocycles. The van der Waals surface area contributed by atoms with Crippen molar-refractivity contribution in [3.05, 3.63) is 41.7 Å². The van der Waals surface area contributed by atoms with Gasteiger partial charge in [-0.25, -0.2) is 4.79 Å². The number of nitriles is 1. The number of hydrogen-bond donors (Lipinski definition) is 0. The highest BCUT2D eigenvalue weighted by Gasteiger charge is 2.04. The van der Waals surface area contributed by atoms with E-state index in [0.717, 1.165) is 0 Å². The molecule has 0 spiro atoms. The van der Waals surface area contributed by atoms with E-state index in [9.17, 15) is 4.79 Å². The molecule has 1 aromatic carbocycles. The van der Waals surface area contributed by atoms with Gasteiger partial charge in [0.2, 0.25) is 0 Å². The lowest BCUT2D eigenvalue weighted by molar-refractivity contribution is -0.135. The summed E-state index contributed by atoms with van der Waals surface area (Å²) < 4.78 is 9.94. The summed E-state index contributed by atoms with van der Waals surface area (Å²) in [7, 11) is 1.29. The average molecular weight is 296 g/mol. The smallest absolute Gasteiger partial charge is 0.333 e. The molecule has 0 unspecified atom stereocenters. The van der Waals surface area contributed by atoms with Gasteiger partial charge in [0.05, 0.1) is 30.1 Å². The Kier molecular flexibility index (Phi) is 5.24. The summed E-state index contributed by atoms with van der Waals surface area (Å²) in [6, 6.07) is 8.68. The van der Waals surface area contributed by atoms with E-state index in [2.05, 4.69) is 20.7 Å². The van der Waals surface area contributed by atoms with Crippen molar-refractivity contribution in [2.75, 3.05) is 12.4 Å². The highest BCUT2D eigenvalue weighted by molar-refractivity contribution is 9.09. The second kappa shape index (κ2) is 6.71. The number of rotatable bonds is 4. The Labute approximate surface area is 108 Å². The third-order valence-electron chi connectivity index (χ3n) is 1.82. The van der Waals surface area contributed by atoms with E-state index in [1.54, 1.807) is 24.3 Å². The van der Waals surface area contributed by atoms with Gasteiger partial charge in [-0.3, -0.25) is 0 Å². The Morgan fingerprint density at radius 2 is 2.35 bits per heavy atom. The van der Waals surface area contributed by atoms with Gasteiger partial charge in [0.15, 0.2) is 0 Å². The van der Waals surface area contributed by atoms with Crippen molar-refractivity contribution in [3.63, 3.8) is 0 Å². The van der Waals surface area contributed by atoms with Crippen LogP contribution in [-0.2, 0) is 9.53 Å². The molecule has 0 saturated carbocycles. The summed E-state index contributed by atoms with van der Waals surface area (Å²) in [5.41, 5.74) is 0.495. The molecule has 0 heterocycles. The predicted molar refractivity (Wildman–Crippen MR) is 65.7 cm³/mol. The lowest BCUT2D eigenvalue weighted by atomic mass is 10.2. The van der Waals surface area contributed by atoms with Crippen LogP contribution in [0.2, 0.25) is 0 Å². The van der Waals surface area contributed by atoms with Gasteiger partial charge in [0.25, 0.3) is 0 Å². The Morgan fingerprint density at radius 1 is 1.59 bits per heavy atom. The molecular formula is C12H10BrNO3. The van der Waals surface area contributed by atoms with Crippen LogP contribution in [0.4, 0.5) is 0 Å². The molecule has 0 fully saturated rings. The summed E-state index contributed by atoms with van der Waals surface area (Å²) in [6.45, 7) is 0. The van der Waals surface area contributed by atoms with Gasteiger partial charge in [0, 0.05) is 0 Å². The molecule has 0 aliphatic carbocycles. The van der Waals surface area contributed by atoms with E-state index < -0.39 is 5.97 Å². The third kappa shape index (κ3) is 4.29. The number of benzene rings is 1. The van der Waals surface area contributed by atoms with Crippen molar-refractivity contribution in [3.8, 4) is 11.8 Å². The van der Waals surface area contributed by atoms with Crippen LogP contribution in [0.15, 0.2) is 36.1 Å². The number of alkyl halides is 1. The highest BCUT2D eigenvalue weighted by Crippen LogP contribution is 2.16. The summed E-state index contributed by atoms with van der Waals surface area (Å²) in [4.78, 5) is 11.0. The standard InChI is InChI=1S/C12H10BrNO3/c1-16-12(15)6-11(7-13)17-10-4-2-3-9(5-10)8-14/h2-6H,7H2,1H3/b11-6-. The molecule has 5 heteroatoms. The van der Waals surface area contributed by atoms with Crippen LogP contribution >= 0.6 is 15.9 Å². The molecule has 0 bridgehead atoms. The fourth-order valence-electron chi connectivity index (χ4n) is 1.07. The molecule has 88 valence electrons. The van der Waals surface area contributed by atoms with Gasteiger partial charge in [-0.1, -0.05) is 22.0 Å². The highest BCUT2D eigenvalue weighted by atomic mass is 79.9. The molecule has 1 aromatic rings. The van der Waals surface area contributed by atoms with E-state index in [1.165, 1.54) is 13.2 Å². The minimum Gasteiger partial charge on any atom is -0.466 e. The molecule has 0 aromatic heterocycles. The first-order chi connectivity index (χ1) is 8.19. The Morgan fingerprint density at radius 3 is 2.94 bits per heavy atom. The van der Waals surface area contributed by atoms with Gasteiger partial charge in [-0.2, -0.15) is 5.26 Å². The number of ether oxygens (including phenoxy) is 2. The quantitative estimate of drug-likeness (QED) is 0.370. The molecule has 1 rings (SSSR count). The SMILES string of the molecule is COC(=O)/C=C(/CBr)Oc1cccc(C#N)c1. The number of esters is 1. The van der Waals surface area contributed by atoms with Crippen molar-refractivity contribution in [2.45, 2.75) is 0 Å². The van der Waals surface area contributed by atoms with Crippen molar-refractivity contribution in [2.24, 2.45) is 0 Å². The maximum Gasteiger partial charge on any atom is 0.333 e. The van der Waals surface area contributed by atoms with Gasteiger partial charge >= 0.3 is 5.97 Å². The number of nitrogens with zero attached hydrogens (tertiary/aromatic N) is 1. The van der Waals surface area contributed by atoms with E-state index in [4.69, 9.17) is 10.00 Å². The lowest BCUT2D eigenvalue weighted by Gasteiger charge is -2.07. The third-order valence-corrected chi connectivity index (χ3v) is 2.38. The number of allylic oxidation sites excluding steroid dienone is 1.